The van der Waals surface area contributed by atoms with E-state index in [4.69, 9.17) is 33.9 Å². The second kappa shape index (κ2) is 13.8. The van der Waals surface area contributed by atoms with Gasteiger partial charge in [0.2, 0.25) is 0 Å². The van der Waals surface area contributed by atoms with Crippen LogP contribution in [0.5, 0.6) is 23.0 Å². The predicted molar refractivity (Wildman–Crippen MR) is 119 cm³/mol. The van der Waals surface area contributed by atoms with E-state index in [9.17, 15) is 9.59 Å². The van der Waals surface area contributed by atoms with E-state index in [1.54, 1.807) is 62.4 Å². The van der Waals surface area contributed by atoms with Crippen molar-refractivity contribution >= 4 is 11.9 Å². The SMILES string of the molecule is CCC(Oc1ccccc1OCCOCCOc1ccccc1OC(CC)C(=O)O)C(=O)O. The maximum atomic E-state index is 11.2. The Morgan fingerprint density at radius 2 is 1.03 bits per heavy atom. The average molecular weight is 462 g/mol. The molecule has 2 aromatic carbocycles. The van der Waals surface area contributed by atoms with Crippen LogP contribution in [0.2, 0.25) is 0 Å². The van der Waals surface area contributed by atoms with Gasteiger partial charge in [0, 0.05) is 0 Å². The molecule has 0 aliphatic carbocycles. The Hall–Kier alpha value is -3.46. The molecule has 0 radical (unpaired) electrons. The monoisotopic (exact) mass is 462 g/mol. The number of carbonyl (C=O) groups is 2. The summed E-state index contributed by atoms with van der Waals surface area (Å²) >= 11 is 0. The van der Waals surface area contributed by atoms with Crippen molar-refractivity contribution in [2.24, 2.45) is 0 Å². The average Bonchev–Trinajstić information content (AvgIpc) is 2.81. The summed E-state index contributed by atoms with van der Waals surface area (Å²) in [6.07, 6.45) is -1.23. The lowest BCUT2D eigenvalue weighted by molar-refractivity contribution is -0.146. The highest BCUT2D eigenvalue weighted by Crippen LogP contribution is 2.29. The van der Waals surface area contributed by atoms with Gasteiger partial charge in [0.15, 0.2) is 35.2 Å². The van der Waals surface area contributed by atoms with Crippen LogP contribution < -0.4 is 18.9 Å². The van der Waals surface area contributed by atoms with Crippen molar-refractivity contribution in [1.29, 1.82) is 0 Å². The molecule has 2 atom stereocenters. The van der Waals surface area contributed by atoms with E-state index in [2.05, 4.69) is 0 Å². The lowest BCUT2D eigenvalue weighted by atomic mass is 10.2. The van der Waals surface area contributed by atoms with Crippen LogP contribution in [0.25, 0.3) is 0 Å². The van der Waals surface area contributed by atoms with E-state index in [-0.39, 0.29) is 26.4 Å². The molecule has 0 saturated heterocycles. The minimum absolute atomic E-state index is 0.237. The molecule has 2 aromatic rings. The Morgan fingerprint density at radius 1 is 0.667 bits per heavy atom. The van der Waals surface area contributed by atoms with Gasteiger partial charge in [-0.1, -0.05) is 38.1 Å². The minimum Gasteiger partial charge on any atom is -0.487 e. The third kappa shape index (κ3) is 8.53. The molecular weight excluding hydrogens is 432 g/mol. The molecule has 2 N–H and O–H groups in total. The Kier molecular flexibility index (Phi) is 10.8. The number of hydrogen-bond donors (Lipinski definition) is 2. The molecule has 9 heteroatoms. The van der Waals surface area contributed by atoms with E-state index in [0.717, 1.165) is 0 Å². The zero-order valence-electron chi connectivity index (χ0n) is 18.8. The molecule has 2 unspecified atom stereocenters. The molecule has 180 valence electrons. The standard InChI is InChI=1S/C24H30O9/c1-3-17(23(25)26)32-21-11-7-5-9-19(21)30-15-13-29-14-16-31-20-10-6-8-12-22(20)33-18(4-2)24(27)28/h5-12,17-18H,3-4,13-16H2,1-2H3,(H,25,26)(H,27,28). The number of hydrogen-bond acceptors (Lipinski definition) is 7. The third-order valence-electron chi connectivity index (χ3n) is 4.50. The number of carboxylic acid groups (broad SMARTS) is 2. The number of benzene rings is 2. The van der Waals surface area contributed by atoms with Crippen molar-refractivity contribution < 1.29 is 43.5 Å². The molecule has 0 aromatic heterocycles. The zero-order chi connectivity index (χ0) is 24.1. The van der Waals surface area contributed by atoms with E-state index in [1.807, 2.05) is 0 Å². The molecule has 0 fully saturated rings. The van der Waals surface area contributed by atoms with E-state index in [0.29, 0.717) is 35.8 Å². The van der Waals surface area contributed by atoms with Crippen LogP contribution in [0.15, 0.2) is 48.5 Å². The molecule has 33 heavy (non-hydrogen) atoms. The molecule has 0 spiro atoms. The third-order valence-corrected chi connectivity index (χ3v) is 4.50. The highest BCUT2D eigenvalue weighted by atomic mass is 16.6. The maximum Gasteiger partial charge on any atom is 0.344 e. The van der Waals surface area contributed by atoms with Crippen LogP contribution in [0.3, 0.4) is 0 Å². The summed E-state index contributed by atoms with van der Waals surface area (Å²) in [6.45, 7) is 4.50. The number of para-hydroxylation sites is 4. The fourth-order valence-corrected chi connectivity index (χ4v) is 2.78. The van der Waals surface area contributed by atoms with Crippen LogP contribution in [0.1, 0.15) is 26.7 Å². The smallest absolute Gasteiger partial charge is 0.344 e. The largest absolute Gasteiger partial charge is 0.487 e. The predicted octanol–water partition coefficient (Wildman–Crippen LogP) is 3.65. The van der Waals surface area contributed by atoms with E-state index < -0.39 is 24.1 Å². The van der Waals surface area contributed by atoms with Crippen LogP contribution in [0.4, 0.5) is 0 Å². The maximum absolute atomic E-state index is 11.2. The highest BCUT2D eigenvalue weighted by Gasteiger charge is 2.19. The summed E-state index contributed by atoms with van der Waals surface area (Å²) in [6, 6.07) is 13.7. The van der Waals surface area contributed by atoms with Gasteiger partial charge in [-0.05, 0) is 37.1 Å². The summed E-state index contributed by atoms with van der Waals surface area (Å²) in [4.78, 5) is 22.4. The molecule has 0 aliphatic rings. The number of aliphatic carboxylic acids is 2. The van der Waals surface area contributed by atoms with E-state index in [1.165, 1.54) is 0 Å². The molecule has 0 bridgehead atoms. The highest BCUT2D eigenvalue weighted by molar-refractivity contribution is 5.73. The summed E-state index contributed by atoms with van der Waals surface area (Å²) in [5, 5.41) is 18.3. The molecule has 2 rings (SSSR count). The van der Waals surface area contributed by atoms with Crippen LogP contribution in [-0.2, 0) is 14.3 Å². The van der Waals surface area contributed by atoms with Gasteiger partial charge in [-0.15, -0.1) is 0 Å². The van der Waals surface area contributed by atoms with Crippen LogP contribution >= 0.6 is 0 Å². The first-order valence-corrected chi connectivity index (χ1v) is 10.8. The Bertz CT molecular complexity index is 812. The summed E-state index contributed by atoms with van der Waals surface area (Å²) in [5.41, 5.74) is 0. The molecule has 0 saturated carbocycles. The first kappa shape index (κ1) is 25.8. The Morgan fingerprint density at radius 3 is 1.36 bits per heavy atom. The number of ether oxygens (including phenoxy) is 5. The fourth-order valence-electron chi connectivity index (χ4n) is 2.78. The normalized spacial score (nSPS) is 12.4. The summed E-state index contributed by atoms with van der Waals surface area (Å²) < 4.78 is 27.9. The van der Waals surface area contributed by atoms with Crippen molar-refractivity contribution in [3.05, 3.63) is 48.5 Å². The minimum atomic E-state index is -1.03. The molecule has 9 nitrogen and oxygen atoms in total. The van der Waals surface area contributed by atoms with Gasteiger partial charge >= 0.3 is 11.9 Å². The lowest BCUT2D eigenvalue weighted by Crippen LogP contribution is -2.26. The fraction of sp³-hybridized carbons (Fsp3) is 0.417. The molecule has 0 aliphatic heterocycles. The summed E-state index contributed by atoms with van der Waals surface area (Å²) in [5.74, 6) is -0.470. The van der Waals surface area contributed by atoms with Crippen LogP contribution in [-0.4, -0.2) is 60.8 Å². The van der Waals surface area contributed by atoms with Gasteiger partial charge in [0.1, 0.15) is 13.2 Å². The van der Waals surface area contributed by atoms with Gasteiger partial charge in [0.05, 0.1) is 13.2 Å². The van der Waals surface area contributed by atoms with Gasteiger partial charge in [-0.2, -0.15) is 0 Å². The van der Waals surface area contributed by atoms with Crippen molar-refractivity contribution in [2.45, 2.75) is 38.9 Å². The number of carboxylic acids is 2. The van der Waals surface area contributed by atoms with Gasteiger partial charge in [0.25, 0.3) is 0 Å². The quantitative estimate of drug-likeness (QED) is 0.360. The molecular formula is C24H30O9. The second-order valence-corrected chi connectivity index (χ2v) is 6.91. The van der Waals surface area contributed by atoms with Gasteiger partial charge in [-0.25, -0.2) is 9.59 Å². The summed E-state index contributed by atoms with van der Waals surface area (Å²) in [7, 11) is 0. The van der Waals surface area contributed by atoms with Crippen molar-refractivity contribution in [1.82, 2.24) is 0 Å². The van der Waals surface area contributed by atoms with Crippen molar-refractivity contribution in [3.8, 4) is 23.0 Å². The first-order valence-electron chi connectivity index (χ1n) is 10.8. The molecule has 0 amide bonds. The first-order chi connectivity index (χ1) is 16.0. The lowest BCUT2D eigenvalue weighted by Gasteiger charge is -2.17. The van der Waals surface area contributed by atoms with Gasteiger partial charge in [-0.3, -0.25) is 0 Å². The van der Waals surface area contributed by atoms with Gasteiger partial charge < -0.3 is 33.9 Å². The van der Waals surface area contributed by atoms with Crippen molar-refractivity contribution in [2.75, 3.05) is 26.4 Å². The number of rotatable bonds is 16. The second-order valence-electron chi connectivity index (χ2n) is 6.91. The van der Waals surface area contributed by atoms with E-state index >= 15 is 0 Å². The zero-order valence-corrected chi connectivity index (χ0v) is 18.8. The van der Waals surface area contributed by atoms with Crippen molar-refractivity contribution in [3.63, 3.8) is 0 Å². The van der Waals surface area contributed by atoms with Crippen LogP contribution in [0, 0.1) is 0 Å². The molecule has 0 heterocycles. The Labute approximate surface area is 192 Å². The Balaban J connectivity index is 1.75. The topological polar surface area (TPSA) is 121 Å².